The van der Waals surface area contributed by atoms with Crippen molar-refractivity contribution in [3.63, 3.8) is 0 Å². The molecule has 0 fully saturated rings. The zero-order valence-corrected chi connectivity index (χ0v) is 66.2. The number of rotatable bonds is 72. The van der Waals surface area contributed by atoms with Gasteiger partial charge in [0.25, 0.3) is 0 Å². The minimum atomic E-state index is -5.01. The van der Waals surface area contributed by atoms with E-state index in [9.17, 15) is 43.2 Å². The second-order valence-corrected chi connectivity index (χ2v) is 28.5. The molecule has 3 N–H and O–H groups in total. The molecule has 5 unspecified atom stereocenters. The van der Waals surface area contributed by atoms with E-state index in [4.69, 9.17) is 37.0 Å². The van der Waals surface area contributed by atoms with Gasteiger partial charge in [-0.25, -0.2) is 9.13 Å². The van der Waals surface area contributed by atoms with Crippen LogP contribution in [-0.2, 0) is 65.4 Å². The maximum Gasteiger partial charge on any atom is 0.472 e. The Hall–Kier alpha value is -5.58. The van der Waals surface area contributed by atoms with Gasteiger partial charge < -0.3 is 33.8 Å². The fourth-order valence-corrected chi connectivity index (χ4v) is 11.3. The van der Waals surface area contributed by atoms with E-state index in [2.05, 4.69) is 174 Å². The number of allylic oxidation sites excluding steroid dienone is 27. The Morgan fingerprint density at radius 2 is 0.548 bits per heavy atom. The third-order valence-electron chi connectivity index (χ3n) is 15.7. The minimum Gasteiger partial charge on any atom is -0.462 e. The molecule has 0 aliphatic heterocycles. The molecule has 0 saturated carbocycles. The standard InChI is InChI=1S/C85H138O17P2/c1-5-9-13-17-21-25-29-32-35-37-39-41-44-46-50-53-57-61-65-69-82(87)95-75-80(101-84(89)71-67-63-59-55-49-28-24-20-16-12-8-4)77-99-103(91,92)97-73-79(86)74-98-104(93,94)100-78-81(102-85(90)72-68-64-60-56-52-48-43-34-31-27-23-19-15-11-7-3)76-96-83(88)70-66-62-58-54-51-47-45-42-40-38-36-33-30-26-22-18-14-10-6-2/h9,11,13,15,20-27,32-36,39-43,46,50,52,56,64,68,79-81,86H,5-8,10,12,14,16-19,28-31,37-38,44-45,47-49,51,53-55,57-63,65-67,69-78H2,1-4H3,(H,91,92)(H,93,94)/b13-9-,15-11-,24-20-,25-21-,26-22-,27-23-,35-32-,36-33-,41-39-,42-40-,43-34-,50-46-,56-52-,68-64-. The molecule has 104 heavy (non-hydrogen) atoms. The number of aliphatic hydroxyl groups excluding tert-OH is 1. The Labute approximate surface area is 629 Å². The molecule has 19 heteroatoms. The SMILES string of the molecule is CC/C=C\C/C=C\C/C=C\C/C=C\C/C=C\CCCCCC(=O)OCC(COP(=O)(O)OCC(O)COP(=O)(O)OCC(COC(=O)CCCCCCCC/C=C\C/C=C\C/C=C\CCCCC)OC(=O)C/C=C\C/C=C\C/C=C\C/C=C\C/C=C\CC)OC(=O)CCCCCCC/C=C\CCCC. The summed E-state index contributed by atoms with van der Waals surface area (Å²) in [5.74, 6) is -2.40. The number of ether oxygens (including phenoxy) is 4. The summed E-state index contributed by atoms with van der Waals surface area (Å²) in [6, 6.07) is 0. The molecule has 0 amide bonds. The van der Waals surface area contributed by atoms with Crippen molar-refractivity contribution in [2.45, 2.75) is 303 Å². The van der Waals surface area contributed by atoms with Gasteiger partial charge in [-0.15, -0.1) is 0 Å². The van der Waals surface area contributed by atoms with E-state index in [1.54, 1.807) is 12.2 Å². The first-order valence-electron chi connectivity index (χ1n) is 39.4. The maximum absolute atomic E-state index is 13.1. The van der Waals surface area contributed by atoms with Crippen molar-refractivity contribution in [3.8, 4) is 0 Å². The van der Waals surface area contributed by atoms with E-state index in [1.165, 1.54) is 32.1 Å². The van der Waals surface area contributed by atoms with Crippen molar-refractivity contribution < 1.29 is 80.2 Å². The number of esters is 4. The minimum absolute atomic E-state index is 0.0683. The van der Waals surface area contributed by atoms with E-state index in [-0.39, 0.29) is 25.7 Å². The molecule has 0 aromatic heterocycles. The summed E-state index contributed by atoms with van der Waals surface area (Å²) in [7, 11) is -10.0. The van der Waals surface area contributed by atoms with Crippen LogP contribution < -0.4 is 0 Å². The van der Waals surface area contributed by atoms with E-state index < -0.39 is 97.5 Å². The Bertz CT molecular complexity index is 2640. The summed E-state index contributed by atoms with van der Waals surface area (Å²) in [5, 5.41) is 10.6. The smallest absolute Gasteiger partial charge is 0.462 e. The van der Waals surface area contributed by atoms with Gasteiger partial charge in [-0.1, -0.05) is 275 Å². The van der Waals surface area contributed by atoms with Crippen molar-refractivity contribution in [2.75, 3.05) is 39.6 Å². The lowest BCUT2D eigenvalue weighted by molar-refractivity contribution is -0.161. The first kappa shape index (κ1) is 98.4. The predicted molar refractivity (Wildman–Crippen MR) is 426 cm³/mol. The number of unbranched alkanes of at least 4 members (excludes halogenated alkanes) is 19. The first-order valence-corrected chi connectivity index (χ1v) is 42.4. The largest absolute Gasteiger partial charge is 0.472 e. The lowest BCUT2D eigenvalue weighted by atomic mass is 10.1. The molecule has 0 spiro atoms. The van der Waals surface area contributed by atoms with Gasteiger partial charge in [0.05, 0.1) is 32.8 Å². The molecule has 0 heterocycles. The van der Waals surface area contributed by atoms with Crippen molar-refractivity contribution in [1.29, 1.82) is 0 Å². The van der Waals surface area contributed by atoms with Gasteiger partial charge in [0.1, 0.15) is 19.3 Å². The van der Waals surface area contributed by atoms with Gasteiger partial charge >= 0.3 is 39.5 Å². The quantitative estimate of drug-likeness (QED) is 0.0169. The van der Waals surface area contributed by atoms with Crippen molar-refractivity contribution in [1.82, 2.24) is 0 Å². The molecule has 0 aliphatic carbocycles. The van der Waals surface area contributed by atoms with Gasteiger partial charge in [0, 0.05) is 19.3 Å². The lowest BCUT2D eigenvalue weighted by Gasteiger charge is -2.21. The fourth-order valence-electron chi connectivity index (χ4n) is 9.72. The zero-order chi connectivity index (χ0) is 76.0. The molecule has 5 atom stereocenters. The highest BCUT2D eigenvalue weighted by molar-refractivity contribution is 7.47. The Balaban J connectivity index is 5.44. The summed E-state index contributed by atoms with van der Waals surface area (Å²) in [5.41, 5.74) is 0. The zero-order valence-electron chi connectivity index (χ0n) is 64.4. The van der Waals surface area contributed by atoms with E-state index >= 15 is 0 Å². The molecule has 0 aromatic carbocycles. The van der Waals surface area contributed by atoms with Crippen LogP contribution in [0.15, 0.2) is 170 Å². The first-order chi connectivity index (χ1) is 50.7. The van der Waals surface area contributed by atoms with Gasteiger partial charge in [0.15, 0.2) is 12.2 Å². The van der Waals surface area contributed by atoms with E-state index in [1.807, 2.05) is 12.2 Å². The van der Waals surface area contributed by atoms with Crippen LogP contribution >= 0.6 is 15.6 Å². The van der Waals surface area contributed by atoms with Crippen LogP contribution in [0.25, 0.3) is 0 Å². The van der Waals surface area contributed by atoms with Crippen LogP contribution in [0.5, 0.6) is 0 Å². The van der Waals surface area contributed by atoms with E-state index in [0.717, 1.165) is 173 Å². The molecule has 0 radical (unpaired) electrons. The number of hydrogen-bond acceptors (Lipinski definition) is 15. The van der Waals surface area contributed by atoms with Crippen molar-refractivity contribution in [2.24, 2.45) is 0 Å². The summed E-state index contributed by atoms with van der Waals surface area (Å²) in [4.78, 5) is 72.9. The molecule has 0 bridgehead atoms. The molecule has 0 saturated heterocycles. The molecular formula is C85H138O17P2. The van der Waals surface area contributed by atoms with Crippen molar-refractivity contribution in [3.05, 3.63) is 170 Å². The van der Waals surface area contributed by atoms with Crippen LogP contribution in [0, 0.1) is 0 Å². The third-order valence-corrected chi connectivity index (χ3v) is 17.6. The summed E-state index contributed by atoms with van der Waals surface area (Å²) >= 11 is 0. The highest BCUT2D eigenvalue weighted by atomic mass is 31.2. The number of phosphoric acid groups is 2. The highest BCUT2D eigenvalue weighted by Crippen LogP contribution is 2.45. The number of phosphoric ester groups is 2. The molecule has 17 nitrogen and oxygen atoms in total. The predicted octanol–water partition coefficient (Wildman–Crippen LogP) is 23.0. The Morgan fingerprint density at radius 3 is 0.904 bits per heavy atom. The molecule has 0 rings (SSSR count). The highest BCUT2D eigenvalue weighted by Gasteiger charge is 2.30. The van der Waals surface area contributed by atoms with E-state index in [0.29, 0.717) is 25.7 Å². The van der Waals surface area contributed by atoms with Crippen LogP contribution in [0.3, 0.4) is 0 Å². The number of carbonyl (C=O) groups is 4. The number of aliphatic hydroxyl groups is 1. The fraction of sp³-hybridized carbons (Fsp3) is 0.624. The molecule has 0 aliphatic rings. The normalized spacial score (nSPS) is 14.8. The number of hydrogen-bond donors (Lipinski definition) is 3. The molecular weight excluding hydrogens is 1350 g/mol. The van der Waals surface area contributed by atoms with Crippen LogP contribution in [0.1, 0.15) is 285 Å². The average Bonchev–Trinajstić information content (AvgIpc) is 0.931. The lowest BCUT2D eigenvalue weighted by Crippen LogP contribution is -2.30. The van der Waals surface area contributed by atoms with Crippen LogP contribution in [-0.4, -0.2) is 96.7 Å². The summed E-state index contributed by atoms with van der Waals surface area (Å²) in [6.07, 6.45) is 89.5. The van der Waals surface area contributed by atoms with Crippen LogP contribution in [0.4, 0.5) is 0 Å². The second kappa shape index (κ2) is 75.6. The van der Waals surface area contributed by atoms with Gasteiger partial charge in [-0.3, -0.25) is 37.3 Å². The van der Waals surface area contributed by atoms with Gasteiger partial charge in [-0.05, 0) is 154 Å². The maximum atomic E-state index is 13.1. The average molecular weight is 1490 g/mol. The van der Waals surface area contributed by atoms with Gasteiger partial charge in [-0.2, -0.15) is 0 Å². The Morgan fingerprint density at radius 1 is 0.288 bits per heavy atom. The number of carbonyl (C=O) groups excluding carboxylic acids is 4. The second-order valence-electron chi connectivity index (χ2n) is 25.5. The van der Waals surface area contributed by atoms with Crippen molar-refractivity contribution >= 4 is 39.5 Å². The topological polar surface area (TPSA) is 237 Å². The Kier molecular flexibility index (Phi) is 71.6. The molecule has 0 aromatic rings. The van der Waals surface area contributed by atoms with Gasteiger partial charge in [0.2, 0.25) is 0 Å². The third kappa shape index (κ3) is 74.7. The van der Waals surface area contributed by atoms with Crippen LogP contribution in [0.2, 0.25) is 0 Å². The molecule has 590 valence electrons. The summed E-state index contributed by atoms with van der Waals surface area (Å²) < 4.78 is 68.3. The monoisotopic (exact) mass is 1490 g/mol. The summed E-state index contributed by atoms with van der Waals surface area (Å²) in [6.45, 7) is 4.38.